The average Bonchev–Trinajstić information content (AvgIpc) is 2.08. The lowest BCUT2D eigenvalue weighted by atomic mass is 10.2. The Bertz CT molecular complexity index is 231. The van der Waals surface area contributed by atoms with Crippen LogP contribution in [0, 0.1) is 0 Å². The first-order chi connectivity index (χ1) is 5.02. The van der Waals surface area contributed by atoms with Gasteiger partial charge in [0, 0.05) is 6.08 Å². The summed E-state index contributed by atoms with van der Waals surface area (Å²) in [6, 6.07) is 0. The molecule has 1 aliphatic heterocycles. The molecular formula is C6H6O5. The second-order valence-corrected chi connectivity index (χ2v) is 2.17. The van der Waals surface area contributed by atoms with Gasteiger partial charge in [0.1, 0.15) is 6.42 Å². The number of carbonyl (C=O) groups is 2. The molecule has 0 aromatic rings. The minimum atomic E-state index is -1.94. The van der Waals surface area contributed by atoms with Crippen LogP contribution in [0.1, 0.15) is 6.42 Å². The lowest BCUT2D eigenvalue weighted by Crippen LogP contribution is -2.30. The van der Waals surface area contributed by atoms with Crippen molar-refractivity contribution in [1.29, 1.82) is 0 Å². The molecule has 5 heteroatoms. The average molecular weight is 158 g/mol. The molecule has 11 heavy (non-hydrogen) atoms. The molecule has 60 valence electrons. The summed E-state index contributed by atoms with van der Waals surface area (Å²) < 4.78 is 4.28. The zero-order valence-corrected chi connectivity index (χ0v) is 5.48. The van der Waals surface area contributed by atoms with E-state index in [1.165, 1.54) is 0 Å². The maximum absolute atomic E-state index is 10.4. The van der Waals surface area contributed by atoms with E-state index < -0.39 is 24.1 Å². The molecule has 1 atom stereocenters. The number of rotatable bonds is 2. The molecule has 1 aliphatic rings. The predicted molar refractivity (Wildman–Crippen MR) is 32.4 cm³/mol. The van der Waals surface area contributed by atoms with Crippen molar-refractivity contribution in [3.63, 3.8) is 0 Å². The quantitative estimate of drug-likeness (QED) is 0.517. The molecule has 0 aromatic heterocycles. The summed E-state index contributed by atoms with van der Waals surface area (Å²) in [4.78, 5) is 20.5. The van der Waals surface area contributed by atoms with E-state index in [-0.39, 0.29) is 0 Å². The maximum Gasteiger partial charge on any atom is 0.333 e. The van der Waals surface area contributed by atoms with Crippen molar-refractivity contribution in [1.82, 2.24) is 0 Å². The Morgan fingerprint density at radius 3 is 2.73 bits per heavy atom. The number of ether oxygens (including phenoxy) is 1. The molecule has 0 aromatic carbocycles. The highest BCUT2D eigenvalue weighted by Gasteiger charge is 2.35. The fraction of sp³-hybridized carbons (Fsp3) is 0.333. The smallest absolute Gasteiger partial charge is 0.333 e. The lowest BCUT2D eigenvalue weighted by Gasteiger charge is -2.16. The third kappa shape index (κ3) is 1.78. The van der Waals surface area contributed by atoms with Crippen LogP contribution in [0.2, 0.25) is 0 Å². The van der Waals surface area contributed by atoms with E-state index in [1.54, 1.807) is 0 Å². The van der Waals surface area contributed by atoms with Crippen LogP contribution in [0.15, 0.2) is 12.2 Å². The van der Waals surface area contributed by atoms with Gasteiger partial charge in [0.05, 0.1) is 0 Å². The van der Waals surface area contributed by atoms with Gasteiger partial charge in [0.25, 0.3) is 0 Å². The monoisotopic (exact) mass is 158 g/mol. The third-order valence-corrected chi connectivity index (χ3v) is 1.16. The van der Waals surface area contributed by atoms with Crippen LogP contribution in [0.25, 0.3) is 0 Å². The zero-order chi connectivity index (χ0) is 8.48. The number of cyclic esters (lactones) is 1. The van der Waals surface area contributed by atoms with E-state index in [0.717, 1.165) is 12.2 Å². The first kappa shape index (κ1) is 7.74. The molecule has 0 saturated carbocycles. The summed E-state index contributed by atoms with van der Waals surface area (Å²) in [6.45, 7) is 0. The predicted octanol–water partition coefficient (Wildman–Crippen LogP) is -0.737. The fourth-order valence-electron chi connectivity index (χ4n) is 0.752. The number of hydrogen-bond donors (Lipinski definition) is 2. The zero-order valence-electron chi connectivity index (χ0n) is 5.48. The van der Waals surface area contributed by atoms with Crippen LogP contribution in [-0.4, -0.2) is 27.9 Å². The van der Waals surface area contributed by atoms with E-state index in [2.05, 4.69) is 4.74 Å². The number of hydrogen-bond acceptors (Lipinski definition) is 4. The molecule has 0 fully saturated rings. The Kier molecular flexibility index (Phi) is 1.66. The van der Waals surface area contributed by atoms with E-state index in [1.807, 2.05) is 0 Å². The number of carbonyl (C=O) groups excluding carboxylic acids is 1. The summed E-state index contributed by atoms with van der Waals surface area (Å²) in [5.41, 5.74) is 0. The Morgan fingerprint density at radius 2 is 2.36 bits per heavy atom. The third-order valence-electron chi connectivity index (χ3n) is 1.16. The summed E-state index contributed by atoms with van der Waals surface area (Å²) in [5, 5.41) is 17.4. The van der Waals surface area contributed by atoms with Crippen molar-refractivity contribution in [3.8, 4) is 0 Å². The first-order valence-corrected chi connectivity index (χ1v) is 2.88. The van der Waals surface area contributed by atoms with E-state index >= 15 is 0 Å². The van der Waals surface area contributed by atoms with Crippen molar-refractivity contribution in [2.45, 2.75) is 12.2 Å². The molecule has 0 radical (unpaired) electrons. The highest BCUT2D eigenvalue weighted by Crippen LogP contribution is 2.19. The van der Waals surface area contributed by atoms with Gasteiger partial charge in [0.15, 0.2) is 0 Å². The van der Waals surface area contributed by atoms with Crippen LogP contribution >= 0.6 is 0 Å². The Hall–Kier alpha value is -1.36. The Labute approximate surface area is 61.9 Å². The van der Waals surface area contributed by atoms with Gasteiger partial charge in [0.2, 0.25) is 5.79 Å². The number of aliphatic hydroxyl groups is 1. The van der Waals surface area contributed by atoms with Gasteiger partial charge in [-0.3, -0.25) is 4.79 Å². The van der Waals surface area contributed by atoms with E-state index in [4.69, 9.17) is 10.2 Å². The second-order valence-electron chi connectivity index (χ2n) is 2.17. The van der Waals surface area contributed by atoms with Gasteiger partial charge in [-0.1, -0.05) is 0 Å². The van der Waals surface area contributed by atoms with Gasteiger partial charge < -0.3 is 14.9 Å². The Morgan fingerprint density at radius 1 is 1.73 bits per heavy atom. The number of carboxylic acid groups (broad SMARTS) is 1. The summed E-state index contributed by atoms with van der Waals surface area (Å²) >= 11 is 0. The Balaban J connectivity index is 2.63. The van der Waals surface area contributed by atoms with Crippen LogP contribution in [0.4, 0.5) is 0 Å². The summed E-state index contributed by atoms with van der Waals surface area (Å²) in [6.07, 6.45) is 1.38. The van der Waals surface area contributed by atoms with Crippen LogP contribution in [0.3, 0.4) is 0 Å². The summed E-state index contributed by atoms with van der Waals surface area (Å²) in [5.74, 6) is -3.90. The maximum atomic E-state index is 10.4. The van der Waals surface area contributed by atoms with Gasteiger partial charge in [-0.05, 0) is 6.08 Å². The molecule has 5 nitrogen and oxygen atoms in total. The molecule has 0 bridgehead atoms. The molecule has 1 heterocycles. The minimum Gasteiger partial charge on any atom is -0.481 e. The van der Waals surface area contributed by atoms with Crippen LogP contribution in [0.5, 0.6) is 0 Å². The number of carboxylic acids is 1. The number of aliphatic carboxylic acids is 1. The molecule has 0 spiro atoms. The van der Waals surface area contributed by atoms with E-state index in [9.17, 15) is 9.59 Å². The SMILES string of the molecule is O=C(O)CC1(O)C=CC(=O)O1. The molecular weight excluding hydrogens is 152 g/mol. The van der Waals surface area contributed by atoms with Crippen molar-refractivity contribution in [2.75, 3.05) is 0 Å². The fourth-order valence-corrected chi connectivity index (χ4v) is 0.752. The van der Waals surface area contributed by atoms with Crippen LogP contribution in [-0.2, 0) is 14.3 Å². The van der Waals surface area contributed by atoms with Gasteiger partial charge >= 0.3 is 11.9 Å². The lowest BCUT2D eigenvalue weighted by molar-refractivity contribution is -0.184. The molecule has 0 saturated heterocycles. The molecule has 0 amide bonds. The molecule has 2 N–H and O–H groups in total. The molecule has 0 aliphatic carbocycles. The minimum absolute atomic E-state index is 0.630. The first-order valence-electron chi connectivity index (χ1n) is 2.88. The highest BCUT2D eigenvalue weighted by atomic mass is 16.7. The van der Waals surface area contributed by atoms with Crippen molar-refractivity contribution < 1.29 is 24.5 Å². The second kappa shape index (κ2) is 2.35. The normalized spacial score (nSPS) is 28.6. The van der Waals surface area contributed by atoms with E-state index in [0.29, 0.717) is 0 Å². The molecule has 1 unspecified atom stereocenters. The van der Waals surface area contributed by atoms with Gasteiger partial charge in [-0.15, -0.1) is 0 Å². The topological polar surface area (TPSA) is 83.8 Å². The van der Waals surface area contributed by atoms with Gasteiger partial charge in [-0.25, -0.2) is 4.79 Å². The van der Waals surface area contributed by atoms with Crippen molar-refractivity contribution in [2.24, 2.45) is 0 Å². The van der Waals surface area contributed by atoms with Gasteiger partial charge in [-0.2, -0.15) is 0 Å². The van der Waals surface area contributed by atoms with Crippen molar-refractivity contribution >= 4 is 11.9 Å². The largest absolute Gasteiger partial charge is 0.481 e. The van der Waals surface area contributed by atoms with Crippen molar-refractivity contribution in [3.05, 3.63) is 12.2 Å². The summed E-state index contributed by atoms with van der Waals surface area (Å²) in [7, 11) is 0. The van der Waals surface area contributed by atoms with Crippen LogP contribution < -0.4 is 0 Å². The standard InChI is InChI=1S/C6H6O5/c7-4(8)3-6(10)2-1-5(9)11-6/h1-2,10H,3H2,(H,7,8). The highest BCUT2D eigenvalue weighted by molar-refractivity contribution is 5.85. The number of esters is 1. The molecule has 1 rings (SSSR count).